The van der Waals surface area contributed by atoms with Crippen LogP contribution in [-0.4, -0.2) is 15.2 Å². The Hall–Kier alpha value is -2.62. The van der Waals surface area contributed by atoms with E-state index in [4.69, 9.17) is 4.74 Å². The van der Waals surface area contributed by atoms with Crippen molar-refractivity contribution in [1.82, 2.24) is 4.98 Å². The van der Waals surface area contributed by atoms with Crippen LogP contribution in [0.1, 0.15) is 5.69 Å². The fourth-order valence-corrected chi connectivity index (χ4v) is 2.01. The summed E-state index contributed by atoms with van der Waals surface area (Å²) < 4.78 is 5.57. The number of aromatic amines is 1. The van der Waals surface area contributed by atoms with E-state index in [-0.39, 0.29) is 11.5 Å². The van der Waals surface area contributed by atoms with E-state index in [9.17, 15) is 10.2 Å². The number of ether oxygens (including phenoxy) is 1. The van der Waals surface area contributed by atoms with Crippen LogP contribution in [0.5, 0.6) is 17.2 Å². The second-order valence-electron chi connectivity index (χ2n) is 4.32. The van der Waals surface area contributed by atoms with Gasteiger partial charge in [-0.15, -0.1) is 0 Å². The highest BCUT2D eigenvalue weighted by Crippen LogP contribution is 2.25. The number of rotatable bonds is 3. The Morgan fingerprint density at radius 1 is 1.00 bits per heavy atom. The minimum absolute atomic E-state index is 0.173. The van der Waals surface area contributed by atoms with Gasteiger partial charge in [-0.3, -0.25) is 0 Å². The zero-order chi connectivity index (χ0) is 13.2. The molecule has 96 valence electrons. The molecule has 4 nitrogen and oxygen atoms in total. The van der Waals surface area contributed by atoms with E-state index < -0.39 is 0 Å². The number of aromatic hydroxyl groups is 2. The molecule has 4 heteroatoms. The third-order valence-electron chi connectivity index (χ3n) is 2.91. The minimum atomic E-state index is 0.173. The Labute approximate surface area is 109 Å². The van der Waals surface area contributed by atoms with Crippen molar-refractivity contribution < 1.29 is 14.9 Å². The minimum Gasteiger partial charge on any atom is -0.508 e. The molecule has 0 amide bonds. The van der Waals surface area contributed by atoms with Crippen molar-refractivity contribution in [1.29, 1.82) is 0 Å². The number of nitrogens with one attached hydrogen (secondary N) is 1. The second kappa shape index (κ2) is 4.57. The fourth-order valence-electron chi connectivity index (χ4n) is 2.01. The van der Waals surface area contributed by atoms with Gasteiger partial charge in [-0.05, 0) is 30.3 Å². The number of phenols is 2. The maximum atomic E-state index is 9.71. The van der Waals surface area contributed by atoms with Crippen molar-refractivity contribution >= 4 is 10.9 Å². The lowest BCUT2D eigenvalue weighted by Crippen LogP contribution is -1.94. The molecule has 3 aromatic rings. The molecule has 1 aromatic heterocycles. The molecule has 0 saturated carbocycles. The predicted molar refractivity (Wildman–Crippen MR) is 72.4 cm³/mol. The molecule has 2 aromatic carbocycles. The monoisotopic (exact) mass is 255 g/mol. The van der Waals surface area contributed by atoms with Crippen LogP contribution in [0, 0.1) is 0 Å². The van der Waals surface area contributed by atoms with E-state index in [0.29, 0.717) is 12.4 Å². The molecule has 0 bridgehead atoms. The number of aromatic nitrogens is 1. The van der Waals surface area contributed by atoms with Crippen LogP contribution < -0.4 is 4.74 Å². The van der Waals surface area contributed by atoms with Gasteiger partial charge in [-0.2, -0.15) is 0 Å². The predicted octanol–water partition coefficient (Wildman–Crippen LogP) is 3.16. The van der Waals surface area contributed by atoms with Crippen molar-refractivity contribution in [2.45, 2.75) is 6.61 Å². The van der Waals surface area contributed by atoms with Gasteiger partial charge in [0.2, 0.25) is 0 Å². The van der Waals surface area contributed by atoms with Crippen LogP contribution in [0.25, 0.3) is 10.9 Å². The summed E-state index contributed by atoms with van der Waals surface area (Å²) in [4.78, 5) is 3.17. The van der Waals surface area contributed by atoms with Crippen LogP contribution >= 0.6 is 0 Å². The summed E-state index contributed by atoms with van der Waals surface area (Å²) in [5.41, 5.74) is 1.73. The van der Waals surface area contributed by atoms with E-state index in [1.54, 1.807) is 36.4 Å². The molecule has 0 unspecified atom stereocenters. The SMILES string of the molecule is Oc1cccc(OCc2cc3c(O)cccc3[nH]2)c1. The van der Waals surface area contributed by atoms with Crippen LogP contribution in [0.3, 0.4) is 0 Å². The maximum Gasteiger partial charge on any atom is 0.128 e. The number of hydrogen-bond donors (Lipinski definition) is 3. The molecule has 0 fully saturated rings. The quantitative estimate of drug-likeness (QED) is 0.673. The van der Waals surface area contributed by atoms with Crippen molar-refractivity contribution in [3.63, 3.8) is 0 Å². The molecule has 19 heavy (non-hydrogen) atoms. The van der Waals surface area contributed by atoms with E-state index in [1.807, 2.05) is 12.1 Å². The van der Waals surface area contributed by atoms with E-state index >= 15 is 0 Å². The van der Waals surface area contributed by atoms with Crippen LogP contribution in [0.15, 0.2) is 48.5 Å². The first kappa shape index (κ1) is 11.5. The molecule has 0 aliphatic heterocycles. The standard InChI is InChI=1S/C15H13NO3/c17-11-3-1-4-12(8-11)19-9-10-7-13-14(16-10)5-2-6-15(13)18/h1-8,16-18H,9H2. The molecular formula is C15H13NO3. The van der Waals surface area contributed by atoms with Crippen LogP contribution in [-0.2, 0) is 6.61 Å². The summed E-state index contributed by atoms with van der Waals surface area (Å²) in [6.45, 7) is 0.345. The number of benzene rings is 2. The zero-order valence-electron chi connectivity index (χ0n) is 10.1. The Morgan fingerprint density at radius 3 is 2.63 bits per heavy atom. The zero-order valence-corrected chi connectivity index (χ0v) is 10.1. The Morgan fingerprint density at radius 2 is 1.84 bits per heavy atom. The smallest absolute Gasteiger partial charge is 0.128 e. The molecule has 0 aliphatic carbocycles. The van der Waals surface area contributed by atoms with Crippen LogP contribution in [0.4, 0.5) is 0 Å². The van der Waals surface area contributed by atoms with Crippen molar-refractivity contribution in [2.75, 3.05) is 0 Å². The Bertz CT molecular complexity index is 718. The van der Waals surface area contributed by atoms with Gasteiger partial charge in [0.1, 0.15) is 23.9 Å². The molecular weight excluding hydrogens is 242 g/mol. The molecule has 0 aliphatic rings. The average Bonchev–Trinajstić information content (AvgIpc) is 2.81. The molecule has 0 atom stereocenters. The highest BCUT2D eigenvalue weighted by atomic mass is 16.5. The van der Waals surface area contributed by atoms with Gasteiger partial charge in [0.05, 0.1) is 5.69 Å². The summed E-state index contributed by atoms with van der Waals surface area (Å²) in [6, 6.07) is 13.8. The van der Waals surface area contributed by atoms with Crippen LogP contribution in [0.2, 0.25) is 0 Å². The first-order valence-corrected chi connectivity index (χ1v) is 5.94. The lowest BCUT2D eigenvalue weighted by Gasteiger charge is -2.04. The third kappa shape index (κ3) is 2.33. The van der Waals surface area contributed by atoms with Gasteiger partial charge in [-0.25, -0.2) is 0 Å². The summed E-state index contributed by atoms with van der Waals surface area (Å²) in [6.07, 6.45) is 0. The van der Waals surface area contributed by atoms with Crippen molar-refractivity contribution in [3.8, 4) is 17.2 Å². The Balaban J connectivity index is 1.80. The fraction of sp³-hybridized carbons (Fsp3) is 0.0667. The van der Waals surface area contributed by atoms with Gasteiger partial charge in [0, 0.05) is 17.0 Å². The van der Waals surface area contributed by atoms with Crippen molar-refractivity contribution in [2.24, 2.45) is 0 Å². The van der Waals surface area contributed by atoms with Crippen molar-refractivity contribution in [3.05, 3.63) is 54.2 Å². The van der Waals surface area contributed by atoms with Gasteiger partial charge in [-0.1, -0.05) is 12.1 Å². The highest BCUT2D eigenvalue weighted by molar-refractivity contribution is 5.86. The van der Waals surface area contributed by atoms with Gasteiger partial charge >= 0.3 is 0 Å². The maximum absolute atomic E-state index is 9.71. The van der Waals surface area contributed by atoms with Gasteiger partial charge in [0.15, 0.2) is 0 Å². The number of fused-ring (bicyclic) bond motifs is 1. The molecule has 0 spiro atoms. The average molecular weight is 255 g/mol. The Kier molecular flexibility index (Phi) is 2.76. The normalized spacial score (nSPS) is 10.7. The largest absolute Gasteiger partial charge is 0.508 e. The number of hydrogen-bond acceptors (Lipinski definition) is 3. The number of H-pyrrole nitrogens is 1. The summed E-state index contributed by atoms with van der Waals surface area (Å²) in [5.74, 6) is 1.02. The van der Waals surface area contributed by atoms with E-state index in [2.05, 4.69) is 4.98 Å². The molecule has 3 rings (SSSR count). The topological polar surface area (TPSA) is 65.5 Å². The third-order valence-corrected chi connectivity index (χ3v) is 2.91. The second-order valence-corrected chi connectivity index (χ2v) is 4.32. The lowest BCUT2D eigenvalue weighted by molar-refractivity contribution is 0.300. The van der Waals surface area contributed by atoms with E-state index in [0.717, 1.165) is 16.6 Å². The first-order valence-electron chi connectivity index (χ1n) is 5.94. The number of phenolic OH excluding ortho intramolecular Hbond substituents is 2. The first-order chi connectivity index (χ1) is 9.22. The molecule has 3 N–H and O–H groups in total. The van der Waals surface area contributed by atoms with E-state index in [1.165, 1.54) is 0 Å². The lowest BCUT2D eigenvalue weighted by atomic mass is 10.2. The van der Waals surface area contributed by atoms with Gasteiger partial charge in [0.25, 0.3) is 0 Å². The molecule has 1 heterocycles. The highest BCUT2D eigenvalue weighted by Gasteiger charge is 2.05. The summed E-state index contributed by atoms with van der Waals surface area (Å²) in [5, 5.41) is 19.8. The molecule has 0 radical (unpaired) electrons. The molecule has 0 saturated heterocycles. The van der Waals surface area contributed by atoms with Gasteiger partial charge < -0.3 is 19.9 Å². The summed E-state index contributed by atoms with van der Waals surface area (Å²) >= 11 is 0. The summed E-state index contributed by atoms with van der Waals surface area (Å²) in [7, 11) is 0.